The van der Waals surface area contributed by atoms with Gasteiger partial charge in [-0.3, -0.25) is 0 Å². The lowest BCUT2D eigenvalue weighted by Crippen LogP contribution is -2.26. The van der Waals surface area contributed by atoms with Crippen molar-refractivity contribution >= 4 is 5.95 Å². The summed E-state index contributed by atoms with van der Waals surface area (Å²) in [7, 11) is 0. The molecule has 8 heteroatoms. The molecule has 1 fully saturated rings. The van der Waals surface area contributed by atoms with E-state index in [1.807, 2.05) is 0 Å². The minimum atomic E-state index is 0.0925. The molecule has 1 aliphatic rings. The minimum absolute atomic E-state index is 0.0925. The Morgan fingerprint density at radius 1 is 1.35 bits per heavy atom. The van der Waals surface area contributed by atoms with E-state index < -0.39 is 0 Å². The van der Waals surface area contributed by atoms with Crippen LogP contribution in [0, 0.1) is 0 Å². The largest absolute Gasteiger partial charge is 0.461 e. The first-order valence-electron chi connectivity index (χ1n) is 6.57. The fraction of sp³-hybridized carbons (Fsp3) is 0.500. The molecule has 2 aromatic rings. The second-order valence-electron chi connectivity index (χ2n) is 4.53. The molecule has 3 heterocycles. The van der Waals surface area contributed by atoms with Gasteiger partial charge in [0.25, 0.3) is 5.95 Å². The molecule has 0 amide bonds. The standard InChI is InChI=1S/C12H16N6O2/c13-10-15-11(18-6-3-5-14-18)17-12(16-10)20-8-9-4-1-2-7-19-9/h3,5-6,9H,1-2,4,7-8H2,(H2,13,15,16,17). The second-order valence-corrected chi connectivity index (χ2v) is 4.53. The molecule has 0 aromatic carbocycles. The zero-order chi connectivity index (χ0) is 13.8. The van der Waals surface area contributed by atoms with Crippen molar-refractivity contribution in [1.82, 2.24) is 24.7 Å². The first kappa shape index (κ1) is 12.8. The van der Waals surface area contributed by atoms with Crippen molar-refractivity contribution in [2.45, 2.75) is 25.4 Å². The maximum atomic E-state index is 5.66. The summed E-state index contributed by atoms with van der Waals surface area (Å²) in [6.45, 7) is 1.20. The van der Waals surface area contributed by atoms with Gasteiger partial charge in [0, 0.05) is 19.0 Å². The average Bonchev–Trinajstić information content (AvgIpc) is 3.00. The number of anilines is 1. The molecule has 1 unspecified atom stereocenters. The fourth-order valence-corrected chi connectivity index (χ4v) is 2.02. The summed E-state index contributed by atoms with van der Waals surface area (Å²) in [5, 5.41) is 4.05. The third-order valence-corrected chi connectivity index (χ3v) is 3.00. The smallest absolute Gasteiger partial charge is 0.323 e. The van der Waals surface area contributed by atoms with E-state index in [4.69, 9.17) is 15.2 Å². The fourth-order valence-electron chi connectivity index (χ4n) is 2.02. The highest BCUT2D eigenvalue weighted by atomic mass is 16.5. The summed E-state index contributed by atoms with van der Waals surface area (Å²) in [6, 6.07) is 1.97. The highest BCUT2D eigenvalue weighted by Crippen LogP contribution is 2.14. The van der Waals surface area contributed by atoms with E-state index in [9.17, 15) is 0 Å². The van der Waals surface area contributed by atoms with Crippen molar-refractivity contribution in [1.29, 1.82) is 0 Å². The number of nitrogens with zero attached hydrogens (tertiary/aromatic N) is 5. The van der Waals surface area contributed by atoms with Crippen LogP contribution in [0.15, 0.2) is 18.5 Å². The Balaban J connectivity index is 1.69. The van der Waals surface area contributed by atoms with E-state index in [1.54, 1.807) is 18.5 Å². The van der Waals surface area contributed by atoms with Crippen LogP contribution in [0.4, 0.5) is 5.95 Å². The van der Waals surface area contributed by atoms with Crippen molar-refractivity contribution in [3.63, 3.8) is 0 Å². The van der Waals surface area contributed by atoms with E-state index in [0.29, 0.717) is 12.6 Å². The van der Waals surface area contributed by atoms with E-state index in [2.05, 4.69) is 20.1 Å². The molecule has 20 heavy (non-hydrogen) atoms. The highest BCUT2D eigenvalue weighted by Gasteiger charge is 2.16. The number of nitrogens with two attached hydrogens (primary N) is 1. The van der Waals surface area contributed by atoms with Crippen LogP contribution in [-0.4, -0.2) is 44.1 Å². The van der Waals surface area contributed by atoms with Crippen LogP contribution in [-0.2, 0) is 4.74 Å². The van der Waals surface area contributed by atoms with Gasteiger partial charge in [-0.25, -0.2) is 4.68 Å². The molecular formula is C12H16N6O2. The molecule has 1 saturated heterocycles. The number of ether oxygens (including phenoxy) is 2. The van der Waals surface area contributed by atoms with Crippen molar-refractivity contribution in [3.8, 4) is 12.0 Å². The van der Waals surface area contributed by atoms with Gasteiger partial charge in [0.1, 0.15) is 6.61 Å². The van der Waals surface area contributed by atoms with Crippen LogP contribution in [0.3, 0.4) is 0 Å². The van der Waals surface area contributed by atoms with Gasteiger partial charge in [-0.1, -0.05) is 0 Å². The number of hydrogen-bond acceptors (Lipinski definition) is 7. The maximum absolute atomic E-state index is 5.66. The first-order chi connectivity index (χ1) is 9.81. The minimum Gasteiger partial charge on any atom is -0.461 e. The van der Waals surface area contributed by atoms with Crippen LogP contribution in [0.2, 0.25) is 0 Å². The van der Waals surface area contributed by atoms with Crippen LogP contribution in [0.1, 0.15) is 19.3 Å². The normalized spacial score (nSPS) is 18.9. The lowest BCUT2D eigenvalue weighted by atomic mass is 10.1. The molecule has 0 saturated carbocycles. The first-order valence-corrected chi connectivity index (χ1v) is 6.57. The van der Waals surface area contributed by atoms with Gasteiger partial charge in [-0.15, -0.1) is 0 Å². The lowest BCUT2D eigenvalue weighted by Gasteiger charge is -2.22. The van der Waals surface area contributed by atoms with Gasteiger partial charge in [-0.05, 0) is 25.3 Å². The number of aromatic nitrogens is 5. The molecule has 0 aliphatic carbocycles. The number of rotatable bonds is 4. The molecule has 106 valence electrons. The van der Waals surface area contributed by atoms with Gasteiger partial charge in [0.15, 0.2) is 0 Å². The summed E-state index contributed by atoms with van der Waals surface area (Å²) < 4.78 is 12.6. The molecule has 1 aliphatic heterocycles. The Kier molecular flexibility index (Phi) is 3.73. The van der Waals surface area contributed by atoms with Crippen molar-refractivity contribution < 1.29 is 9.47 Å². The Bertz CT molecular complexity index is 553. The highest BCUT2D eigenvalue weighted by molar-refractivity contribution is 5.24. The lowest BCUT2D eigenvalue weighted by molar-refractivity contribution is -0.0129. The molecule has 8 nitrogen and oxygen atoms in total. The average molecular weight is 276 g/mol. The zero-order valence-electron chi connectivity index (χ0n) is 11.0. The second kappa shape index (κ2) is 5.83. The van der Waals surface area contributed by atoms with Gasteiger partial charge in [-0.2, -0.15) is 20.1 Å². The van der Waals surface area contributed by atoms with Crippen LogP contribution in [0.25, 0.3) is 5.95 Å². The van der Waals surface area contributed by atoms with Gasteiger partial charge in [0.2, 0.25) is 5.95 Å². The van der Waals surface area contributed by atoms with E-state index in [1.165, 1.54) is 4.68 Å². The summed E-state index contributed by atoms with van der Waals surface area (Å²) >= 11 is 0. The molecule has 1 atom stereocenters. The Morgan fingerprint density at radius 3 is 3.05 bits per heavy atom. The maximum Gasteiger partial charge on any atom is 0.323 e. The van der Waals surface area contributed by atoms with Crippen LogP contribution >= 0.6 is 0 Å². The van der Waals surface area contributed by atoms with Crippen LogP contribution < -0.4 is 10.5 Å². The monoisotopic (exact) mass is 276 g/mol. The molecule has 0 bridgehead atoms. The molecule has 2 N–H and O–H groups in total. The number of hydrogen-bond donors (Lipinski definition) is 1. The van der Waals surface area contributed by atoms with E-state index in [0.717, 1.165) is 25.9 Å². The molecule has 0 spiro atoms. The Morgan fingerprint density at radius 2 is 2.30 bits per heavy atom. The Labute approximate surface area is 116 Å². The predicted octanol–water partition coefficient (Wildman–Crippen LogP) is 0.587. The van der Waals surface area contributed by atoms with Crippen molar-refractivity contribution in [3.05, 3.63) is 18.5 Å². The quantitative estimate of drug-likeness (QED) is 0.871. The number of nitrogen functional groups attached to an aromatic ring is 1. The van der Waals surface area contributed by atoms with E-state index in [-0.39, 0.29) is 18.1 Å². The van der Waals surface area contributed by atoms with Gasteiger partial charge >= 0.3 is 6.01 Å². The van der Waals surface area contributed by atoms with Gasteiger partial charge < -0.3 is 15.2 Å². The molecule has 0 radical (unpaired) electrons. The van der Waals surface area contributed by atoms with E-state index >= 15 is 0 Å². The van der Waals surface area contributed by atoms with Crippen molar-refractivity contribution in [2.75, 3.05) is 18.9 Å². The summed E-state index contributed by atoms with van der Waals surface area (Å²) in [6.07, 6.45) is 6.71. The van der Waals surface area contributed by atoms with Crippen molar-refractivity contribution in [2.24, 2.45) is 0 Å². The van der Waals surface area contributed by atoms with Crippen LogP contribution in [0.5, 0.6) is 6.01 Å². The SMILES string of the molecule is Nc1nc(OCC2CCCCO2)nc(-n2cccn2)n1. The summed E-state index contributed by atoms with van der Waals surface area (Å²) in [4.78, 5) is 12.2. The third kappa shape index (κ3) is 3.02. The molecular weight excluding hydrogens is 260 g/mol. The zero-order valence-corrected chi connectivity index (χ0v) is 11.0. The summed E-state index contributed by atoms with van der Waals surface area (Å²) in [5.74, 6) is 0.437. The predicted molar refractivity (Wildman–Crippen MR) is 70.4 cm³/mol. The Hall–Kier alpha value is -2.22. The molecule has 3 rings (SSSR count). The van der Waals surface area contributed by atoms with Gasteiger partial charge in [0.05, 0.1) is 6.10 Å². The molecule has 2 aromatic heterocycles. The summed E-state index contributed by atoms with van der Waals surface area (Å²) in [5.41, 5.74) is 5.66. The topological polar surface area (TPSA) is 101 Å². The third-order valence-electron chi connectivity index (χ3n) is 3.00.